The van der Waals surface area contributed by atoms with Gasteiger partial charge in [0.1, 0.15) is 11.2 Å². The first-order valence-corrected chi connectivity index (χ1v) is 7.71. The molecule has 0 saturated heterocycles. The second kappa shape index (κ2) is 7.24. The second-order valence-corrected chi connectivity index (χ2v) is 5.34. The molecule has 0 N–H and O–H groups in total. The summed E-state index contributed by atoms with van der Waals surface area (Å²) >= 11 is 2.34. The monoisotopic (exact) mass is 352 g/mol. The quantitative estimate of drug-likeness (QED) is 0.417. The molecule has 0 aromatic carbocycles. The number of carbonyl (C=O) groups is 1. The lowest BCUT2D eigenvalue weighted by Crippen LogP contribution is -2.37. The highest BCUT2D eigenvalue weighted by Crippen LogP contribution is 2.43. The minimum atomic E-state index is -0.520. The summed E-state index contributed by atoms with van der Waals surface area (Å²) in [6.07, 6.45) is 6.77. The van der Waals surface area contributed by atoms with Crippen LogP contribution in [0.5, 0.6) is 0 Å². The van der Waals surface area contributed by atoms with Gasteiger partial charge >= 0.3 is 5.97 Å². The van der Waals surface area contributed by atoms with Crippen molar-refractivity contribution in [2.45, 2.75) is 39.0 Å². The van der Waals surface area contributed by atoms with Crippen LogP contribution >= 0.6 is 22.6 Å². The first-order valence-electron chi connectivity index (χ1n) is 6.19. The van der Waals surface area contributed by atoms with Crippen molar-refractivity contribution in [2.75, 3.05) is 18.1 Å². The summed E-state index contributed by atoms with van der Waals surface area (Å²) < 4.78 is 11.7. The molecule has 1 atom stereocenters. The lowest BCUT2D eigenvalue weighted by molar-refractivity contribution is -0.156. The number of hydrogen-bond donors (Lipinski definition) is 0. The predicted molar refractivity (Wildman–Crippen MR) is 76.1 cm³/mol. The van der Waals surface area contributed by atoms with E-state index in [-0.39, 0.29) is 5.97 Å². The Balaban J connectivity index is 2.94. The highest BCUT2D eigenvalue weighted by atomic mass is 127. The maximum atomic E-state index is 12.2. The Labute approximate surface area is 117 Å². The smallest absolute Gasteiger partial charge is 0.319 e. The van der Waals surface area contributed by atoms with E-state index in [4.69, 9.17) is 9.47 Å². The maximum Gasteiger partial charge on any atom is 0.319 e. The van der Waals surface area contributed by atoms with E-state index in [1.807, 2.05) is 13.0 Å². The molecular weight excluding hydrogens is 331 g/mol. The van der Waals surface area contributed by atoms with Crippen LogP contribution in [0.2, 0.25) is 0 Å². The number of rotatable bonds is 6. The molecule has 1 aliphatic rings. The van der Waals surface area contributed by atoms with Gasteiger partial charge in [-0.2, -0.15) is 0 Å². The molecule has 1 unspecified atom stereocenters. The molecule has 17 heavy (non-hydrogen) atoms. The Morgan fingerprint density at radius 3 is 2.94 bits per heavy atom. The van der Waals surface area contributed by atoms with Crippen molar-refractivity contribution in [2.24, 2.45) is 5.41 Å². The minimum absolute atomic E-state index is 0.113. The van der Waals surface area contributed by atoms with Gasteiger partial charge in [-0.3, -0.25) is 4.79 Å². The van der Waals surface area contributed by atoms with Crippen molar-refractivity contribution < 1.29 is 14.3 Å². The highest BCUT2D eigenvalue weighted by Gasteiger charge is 2.45. The molecule has 0 aromatic heterocycles. The fourth-order valence-electron chi connectivity index (χ4n) is 2.43. The third-order valence-electron chi connectivity index (χ3n) is 3.23. The van der Waals surface area contributed by atoms with Crippen molar-refractivity contribution in [3.8, 4) is 0 Å². The number of methoxy groups -OCH3 is 1. The summed E-state index contributed by atoms with van der Waals surface area (Å²) in [7, 11) is 1.65. The number of allylic oxidation sites excluding steroid dienone is 1. The fourth-order valence-corrected chi connectivity index (χ4v) is 2.81. The van der Waals surface area contributed by atoms with Crippen LogP contribution in [-0.2, 0) is 14.3 Å². The molecular formula is C13H21IO3. The molecule has 98 valence electrons. The van der Waals surface area contributed by atoms with Crippen LogP contribution in [0.15, 0.2) is 11.8 Å². The lowest BCUT2D eigenvalue weighted by atomic mass is 9.74. The van der Waals surface area contributed by atoms with Gasteiger partial charge in [0.05, 0.1) is 13.7 Å². The zero-order valence-electron chi connectivity index (χ0n) is 10.6. The molecule has 0 aliphatic heterocycles. The van der Waals surface area contributed by atoms with Gasteiger partial charge < -0.3 is 9.47 Å². The van der Waals surface area contributed by atoms with Gasteiger partial charge in [-0.25, -0.2) is 0 Å². The Bertz CT molecular complexity index is 288. The van der Waals surface area contributed by atoms with Gasteiger partial charge in [-0.05, 0) is 49.5 Å². The van der Waals surface area contributed by atoms with Gasteiger partial charge in [0.25, 0.3) is 0 Å². The Kier molecular flexibility index (Phi) is 6.30. The number of alkyl halides is 1. The van der Waals surface area contributed by atoms with Crippen LogP contribution < -0.4 is 0 Å². The topological polar surface area (TPSA) is 35.5 Å². The van der Waals surface area contributed by atoms with Crippen LogP contribution in [0.4, 0.5) is 0 Å². The van der Waals surface area contributed by atoms with Crippen LogP contribution in [-0.4, -0.2) is 24.1 Å². The lowest BCUT2D eigenvalue weighted by Gasteiger charge is -2.35. The molecule has 0 radical (unpaired) electrons. The van der Waals surface area contributed by atoms with Crippen LogP contribution in [0.25, 0.3) is 0 Å². The average Bonchev–Trinajstić information content (AvgIpc) is 2.36. The van der Waals surface area contributed by atoms with Gasteiger partial charge in [0, 0.05) is 0 Å². The first kappa shape index (κ1) is 14.8. The summed E-state index contributed by atoms with van der Waals surface area (Å²) in [6, 6.07) is 0. The van der Waals surface area contributed by atoms with Crippen molar-refractivity contribution in [1.82, 2.24) is 0 Å². The molecule has 3 nitrogen and oxygen atoms in total. The van der Waals surface area contributed by atoms with E-state index in [0.717, 1.165) is 42.3 Å². The summed E-state index contributed by atoms with van der Waals surface area (Å²) in [5.41, 5.74) is -0.520. The third kappa shape index (κ3) is 3.36. The molecule has 0 heterocycles. The Hall–Kier alpha value is -0.260. The molecule has 0 spiro atoms. The zero-order valence-corrected chi connectivity index (χ0v) is 12.8. The third-order valence-corrected chi connectivity index (χ3v) is 4.00. The van der Waals surface area contributed by atoms with Crippen LogP contribution in [0.1, 0.15) is 39.0 Å². The van der Waals surface area contributed by atoms with Gasteiger partial charge in [0.15, 0.2) is 0 Å². The molecule has 0 aromatic rings. The molecule has 4 heteroatoms. The zero-order chi connectivity index (χ0) is 12.7. The van der Waals surface area contributed by atoms with Gasteiger partial charge in [0.2, 0.25) is 0 Å². The van der Waals surface area contributed by atoms with E-state index < -0.39 is 5.41 Å². The van der Waals surface area contributed by atoms with E-state index in [0.29, 0.717) is 6.61 Å². The largest absolute Gasteiger partial charge is 0.500 e. The van der Waals surface area contributed by atoms with Gasteiger partial charge in [-0.1, -0.05) is 22.6 Å². The Morgan fingerprint density at radius 1 is 1.59 bits per heavy atom. The standard InChI is InChI=1S/C13H21IO3/c1-3-17-12(15)13(9-6-10-14)8-5-4-7-11(13)16-2/h7H,3-6,8-10H2,1-2H3. The SMILES string of the molecule is CCOC(=O)C1(CCCI)CCCC=C1OC. The number of ether oxygens (including phenoxy) is 2. The highest BCUT2D eigenvalue weighted by molar-refractivity contribution is 14.1. The number of carbonyl (C=O) groups excluding carboxylic acids is 1. The summed E-state index contributed by atoms with van der Waals surface area (Å²) in [5, 5.41) is 0. The molecule has 0 bridgehead atoms. The van der Waals surface area contributed by atoms with E-state index >= 15 is 0 Å². The first-order chi connectivity index (χ1) is 8.21. The molecule has 0 saturated carbocycles. The maximum absolute atomic E-state index is 12.2. The van der Waals surface area contributed by atoms with Crippen LogP contribution in [0, 0.1) is 5.41 Å². The molecule has 1 rings (SSSR count). The van der Waals surface area contributed by atoms with E-state index in [2.05, 4.69) is 22.6 Å². The van der Waals surface area contributed by atoms with E-state index in [1.54, 1.807) is 7.11 Å². The van der Waals surface area contributed by atoms with Gasteiger partial charge in [-0.15, -0.1) is 0 Å². The molecule has 0 amide bonds. The van der Waals surface area contributed by atoms with Crippen LogP contribution in [0.3, 0.4) is 0 Å². The van der Waals surface area contributed by atoms with Crippen molar-refractivity contribution in [3.63, 3.8) is 0 Å². The summed E-state index contributed by atoms with van der Waals surface area (Å²) in [6.45, 7) is 2.28. The number of esters is 1. The number of halogens is 1. The van der Waals surface area contributed by atoms with Crippen molar-refractivity contribution in [1.29, 1.82) is 0 Å². The molecule has 0 fully saturated rings. The number of hydrogen-bond acceptors (Lipinski definition) is 3. The Morgan fingerprint density at radius 2 is 2.35 bits per heavy atom. The summed E-state index contributed by atoms with van der Waals surface area (Å²) in [5.74, 6) is 0.699. The normalized spacial score (nSPS) is 24.1. The van der Waals surface area contributed by atoms with E-state index in [1.165, 1.54) is 0 Å². The summed E-state index contributed by atoms with van der Waals surface area (Å²) in [4.78, 5) is 12.2. The predicted octanol–water partition coefficient (Wildman–Crippen LogP) is 3.47. The second-order valence-electron chi connectivity index (χ2n) is 4.26. The fraction of sp³-hybridized carbons (Fsp3) is 0.769. The van der Waals surface area contributed by atoms with Crippen molar-refractivity contribution >= 4 is 28.6 Å². The minimum Gasteiger partial charge on any atom is -0.500 e. The van der Waals surface area contributed by atoms with E-state index in [9.17, 15) is 4.79 Å². The average molecular weight is 352 g/mol. The molecule has 1 aliphatic carbocycles. The van der Waals surface area contributed by atoms with Crippen molar-refractivity contribution in [3.05, 3.63) is 11.8 Å².